The van der Waals surface area contributed by atoms with Crippen LogP contribution in [0.5, 0.6) is 0 Å². The first-order valence-corrected chi connectivity index (χ1v) is 2.31. The van der Waals surface area contributed by atoms with Gasteiger partial charge in [-0.15, -0.1) is 0 Å². The second-order valence-corrected chi connectivity index (χ2v) is 0. The third-order valence-electron chi connectivity index (χ3n) is 0. The molecule has 0 aliphatic rings. The van der Waals surface area contributed by atoms with E-state index in [-0.39, 0.29) is 32.7 Å². The molecule has 0 aliphatic carbocycles. The van der Waals surface area contributed by atoms with E-state index in [1.807, 2.05) is 0 Å². The molecule has 0 spiro atoms. The van der Waals surface area contributed by atoms with E-state index >= 15 is 0 Å². The van der Waals surface area contributed by atoms with Crippen LogP contribution < -0.4 is 0 Å². The van der Waals surface area contributed by atoms with Crippen LogP contribution in [0.1, 0.15) is 13.8 Å². The standard InChI is InChI=1S/2C2H5.2CH4O.Y/c4*1-2;/h2*1H2,2H3;2*2H,1H3;/q2*-1;;;. The molecule has 2 nitrogen and oxygen atoms in total. The summed E-state index contributed by atoms with van der Waals surface area (Å²) in [5.74, 6) is 0. The zero-order chi connectivity index (χ0) is 8.00. The molecule has 1 radical (unpaired) electrons. The number of hydrogen-bond acceptors (Lipinski definition) is 2. The van der Waals surface area contributed by atoms with Crippen LogP contribution in [0.25, 0.3) is 0 Å². The molecule has 0 atom stereocenters. The smallest absolute Gasteiger partial charge is 0.0319 e. The molecule has 0 saturated carbocycles. The Morgan fingerprint density at radius 1 is 0.667 bits per heavy atom. The van der Waals surface area contributed by atoms with Gasteiger partial charge in [-0.1, -0.05) is 0 Å². The molecule has 0 amide bonds. The molecule has 2 N–H and O–H groups in total. The van der Waals surface area contributed by atoms with Gasteiger partial charge in [-0.2, -0.15) is 13.8 Å². The largest absolute Gasteiger partial charge is 0.400 e. The van der Waals surface area contributed by atoms with E-state index in [9.17, 15) is 0 Å². The third kappa shape index (κ3) is 425. The summed E-state index contributed by atoms with van der Waals surface area (Å²) < 4.78 is 0. The maximum atomic E-state index is 7.00. The molecular weight excluding hydrogens is 193 g/mol. The molecule has 59 valence electrons. The van der Waals surface area contributed by atoms with Gasteiger partial charge < -0.3 is 24.1 Å². The Hall–Kier alpha value is 1.02. The molecule has 0 saturated heterocycles. The maximum Gasteiger partial charge on any atom is 0.0319 e. The molecule has 3 heteroatoms. The summed E-state index contributed by atoms with van der Waals surface area (Å²) in [5, 5.41) is 14.0. The van der Waals surface area contributed by atoms with Crippen LogP contribution in [0.3, 0.4) is 0 Å². The van der Waals surface area contributed by atoms with Gasteiger partial charge in [0.15, 0.2) is 0 Å². The monoisotopic (exact) mass is 211 g/mol. The van der Waals surface area contributed by atoms with Gasteiger partial charge in [0.2, 0.25) is 0 Å². The van der Waals surface area contributed by atoms with Crippen LogP contribution in [0.4, 0.5) is 0 Å². The SMILES string of the molecule is CO.CO.[CH2-]C.[CH2-]C.[Y]. The average Bonchev–Trinajstić information content (AvgIpc) is 2.03. The summed E-state index contributed by atoms with van der Waals surface area (Å²) >= 11 is 0. The van der Waals surface area contributed by atoms with Gasteiger partial charge in [0.25, 0.3) is 0 Å². The molecule has 0 aliphatic heterocycles. The summed E-state index contributed by atoms with van der Waals surface area (Å²) in [6, 6.07) is 0. The molecule has 0 aromatic carbocycles. The fraction of sp³-hybridized carbons (Fsp3) is 0.667. The van der Waals surface area contributed by atoms with Crippen molar-refractivity contribution in [3.05, 3.63) is 13.8 Å². The van der Waals surface area contributed by atoms with Crippen molar-refractivity contribution in [2.75, 3.05) is 14.2 Å². The van der Waals surface area contributed by atoms with Crippen molar-refractivity contribution < 1.29 is 42.9 Å². The molecule has 0 rings (SSSR count). The minimum atomic E-state index is 0. The zero-order valence-electron chi connectivity index (χ0n) is 6.89. The van der Waals surface area contributed by atoms with Crippen LogP contribution >= 0.6 is 0 Å². The molecule has 0 aromatic heterocycles. The third-order valence-corrected chi connectivity index (χ3v) is 0. The normalized spacial score (nSPS) is 2.67. The van der Waals surface area contributed by atoms with Crippen molar-refractivity contribution in [1.82, 2.24) is 0 Å². The summed E-state index contributed by atoms with van der Waals surface area (Å²) in [6.45, 7) is 10.0. The van der Waals surface area contributed by atoms with Crippen molar-refractivity contribution in [2.24, 2.45) is 0 Å². The number of hydrogen-bond donors (Lipinski definition) is 2. The minimum Gasteiger partial charge on any atom is -0.400 e. The molecule has 0 heterocycles. The minimum absolute atomic E-state index is 0. The Labute approximate surface area is 84.6 Å². The molecule has 9 heavy (non-hydrogen) atoms. The Kier molecular flexibility index (Phi) is 1990. The maximum absolute atomic E-state index is 7.00. The number of aliphatic hydroxyl groups excluding tert-OH is 2. The summed E-state index contributed by atoms with van der Waals surface area (Å²) in [7, 11) is 2.00. The fourth-order valence-corrected chi connectivity index (χ4v) is 0. The molecule has 0 bridgehead atoms. The van der Waals surface area contributed by atoms with Crippen molar-refractivity contribution in [2.45, 2.75) is 13.8 Å². The van der Waals surface area contributed by atoms with E-state index < -0.39 is 0 Å². The summed E-state index contributed by atoms with van der Waals surface area (Å²) in [4.78, 5) is 0. The van der Waals surface area contributed by atoms with Gasteiger partial charge >= 0.3 is 0 Å². The van der Waals surface area contributed by atoms with Crippen LogP contribution in [-0.4, -0.2) is 24.4 Å². The van der Waals surface area contributed by atoms with Crippen molar-refractivity contribution in [3.63, 3.8) is 0 Å². The van der Waals surface area contributed by atoms with Crippen molar-refractivity contribution in [1.29, 1.82) is 0 Å². The Balaban J connectivity index is -0.00000000762. The van der Waals surface area contributed by atoms with Crippen molar-refractivity contribution >= 4 is 0 Å². The second-order valence-electron chi connectivity index (χ2n) is 0. The van der Waals surface area contributed by atoms with Crippen LogP contribution in [0, 0.1) is 13.8 Å². The van der Waals surface area contributed by atoms with Crippen LogP contribution in [-0.2, 0) is 32.7 Å². The van der Waals surface area contributed by atoms with E-state index in [0.29, 0.717) is 0 Å². The van der Waals surface area contributed by atoms with Crippen LogP contribution in [0.2, 0.25) is 0 Å². The Morgan fingerprint density at radius 2 is 0.667 bits per heavy atom. The van der Waals surface area contributed by atoms with E-state index in [2.05, 4.69) is 13.8 Å². The zero-order valence-corrected chi connectivity index (χ0v) is 9.72. The molecule has 0 unspecified atom stereocenters. The number of rotatable bonds is 0. The van der Waals surface area contributed by atoms with Gasteiger partial charge in [0.1, 0.15) is 0 Å². The van der Waals surface area contributed by atoms with Crippen LogP contribution in [0.15, 0.2) is 0 Å². The predicted molar refractivity (Wildman–Crippen MR) is 38.3 cm³/mol. The van der Waals surface area contributed by atoms with E-state index in [1.54, 1.807) is 13.8 Å². The average molecular weight is 211 g/mol. The van der Waals surface area contributed by atoms with E-state index in [4.69, 9.17) is 10.2 Å². The van der Waals surface area contributed by atoms with Gasteiger partial charge in [-0.3, -0.25) is 0 Å². The van der Waals surface area contributed by atoms with Gasteiger partial charge in [-0.25, -0.2) is 0 Å². The van der Waals surface area contributed by atoms with E-state index in [0.717, 1.165) is 14.2 Å². The molecule has 0 fully saturated rings. The quantitative estimate of drug-likeness (QED) is 0.584. The summed E-state index contributed by atoms with van der Waals surface area (Å²) in [6.07, 6.45) is 0. The molecule has 0 aromatic rings. The summed E-state index contributed by atoms with van der Waals surface area (Å²) in [5.41, 5.74) is 0. The van der Waals surface area contributed by atoms with Gasteiger partial charge in [-0.05, 0) is 0 Å². The first-order chi connectivity index (χ1) is 4.00. The fourth-order valence-electron chi connectivity index (χ4n) is 0. The van der Waals surface area contributed by atoms with E-state index in [1.165, 1.54) is 0 Å². The van der Waals surface area contributed by atoms with Gasteiger partial charge in [0, 0.05) is 46.9 Å². The predicted octanol–water partition coefficient (Wildman–Crippen LogP) is 0.895. The Bertz CT molecular complexity index is 11.0. The Morgan fingerprint density at radius 3 is 0.667 bits per heavy atom. The molecular formula is C6H18O2Y-2. The second kappa shape index (κ2) is 554. The van der Waals surface area contributed by atoms with Gasteiger partial charge in [0.05, 0.1) is 0 Å². The first-order valence-electron chi connectivity index (χ1n) is 2.31. The van der Waals surface area contributed by atoms with Crippen molar-refractivity contribution in [3.8, 4) is 0 Å². The topological polar surface area (TPSA) is 40.5 Å². The first kappa shape index (κ1) is 32.3. The number of aliphatic hydroxyl groups is 2.